The average Bonchev–Trinajstić information content (AvgIpc) is 2.22. The Hall–Kier alpha value is -1.39. The molecule has 0 atom stereocenters. The Balaban J connectivity index is 4.46. The molecule has 16 heavy (non-hydrogen) atoms. The fourth-order valence-electron chi connectivity index (χ4n) is 1.59. The van der Waals surface area contributed by atoms with Crippen molar-refractivity contribution in [2.24, 2.45) is 5.41 Å². The Morgan fingerprint density at radius 1 is 1.00 bits per heavy atom. The van der Waals surface area contributed by atoms with E-state index in [1.807, 2.05) is 0 Å². The molecule has 0 heterocycles. The van der Waals surface area contributed by atoms with E-state index in [0.717, 1.165) is 0 Å². The predicted molar refractivity (Wildman–Crippen MR) is 57.1 cm³/mol. The van der Waals surface area contributed by atoms with E-state index in [4.69, 9.17) is 10.2 Å². The summed E-state index contributed by atoms with van der Waals surface area (Å²) < 4.78 is 0. The first-order chi connectivity index (χ1) is 7.38. The topological polar surface area (TPSA) is 91.7 Å². The molecule has 5 heteroatoms. The quantitative estimate of drug-likeness (QED) is 0.662. The van der Waals surface area contributed by atoms with Crippen molar-refractivity contribution < 1.29 is 24.6 Å². The largest absolute Gasteiger partial charge is 0.481 e. The van der Waals surface area contributed by atoms with Crippen molar-refractivity contribution in [3.63, 3.8) is 0 Å². The van der Waals surface area contributed by atoms with Gasteiger partial charge in [-0.05, 0) is 12.8 Å². The van der Waals surface area contributed by atoms with Crippen molar-refractivity contribution in [1.29, 1.82) is 0 Å². The van der Waals surface area contributed by atoms with Crippen LogP contribution in [0.15, 0.2) is 0 Å². The molecule has 0 unspecified atom stereocenters. The van der Waals surface area contributed by atoms with E-state index in [1.165, 1.54) is 0 Å². The minimum Gasteiger partial charge on any atom is -0.481 e. The van der Waals surface area contributed by atoms with Gasteiger partial charge in [-0.15, -0.1) is 0 Å². The molecular weight excluding hydrogens is 212 g/mol. The highest BCUT2D eigenvalue weighted by Gasteiger charge is 2.36. The highest BCUT2D eigenvalue weighted by molar-refractivity contribution is 5.87. The van der Waals surface area contributed by atoms with Crippen molar-refractivity contribution in [3.05, 3.63) is 0 Å². The van der Waals surface area contributed by atoms with Gasteiger partial charge in [-0.3, -0.25) is 14.4 Å². The molecule has 0 amide bonds. The Labute approximate surface area is 94.5 Å². The van der Waals surface area contributed by atoms with Crippen molar-refractivity contribution in [2.75, 3.05) is 0 Å². The van der Waals surface area contributed by atoms with Crippen LogP contribution in [-0.4, -0.2) is 27.9 Å². The lowest BCUT2D eigenvalue weighted by atomic mass is 9.77. The molecule has 0 fully saturated rings. The highest BCUT2D eigenvalue weighted by atomic mass is 16.4. The number of Topliss-reactive ketones (excluding diaryl/α,β-unsaturated/α-hetero) is 1. The van der Waals surface area contributed by atoms with E-state index in [2.05, 4.69) is 0 Å². The first kappa shape index (κ1) is 14.6. The van der Waals surface area contributed by atoms with E-state index in [1.54, 1.807) is 13.8 Å². The van der Waals surface area contributed by atoms with Crippen LogP contribution in [0.5, 0.6) is 0 Å². The van der Waals surface area contributed by atoms with E-state index in [-0.39, 0.29) is 25.0 Å². The third-order valence-corrected chi connectivity index (χ3v) is 2.96. The number of hydrogen-bond donors (Lipinski definition) is 2. The SMILES string of the molecule is CCC(CC)(CC(=O)CCC(=O)O)C(=O)O. The van der Waals surface area contributed by atoms with E-state index >= 15 is 0 Å². The summed E-state index contributed by atoms with van der Waals surface area (Å²) in [5, 5.41) is 17.5. The van der Waals surface area contributed by atoms with Gasteiger partial charge in [-0.1, -0.05) is 13.8 Å². The van der Waals surface area contributed by atoms with Gasteiger partial charge < -0.3 is 10.2 Å². The van der Waals surface area contributed by atoms with Crippen LogP contribution in [0.1, 0.15) is 46.0 Å². The van der Waals surface area contributed by atoms with Crippen LogP contribution in [0.3, 0.4) is 0 Å². The number of rotatable bonds is 8. The molecule has 0 aliphatic carbocycles. The Morgan fingerprint density at radius 3 is 1.81 bits per heavy atom. The summed E-state index contributed by atoms with van der Waals surface area (Å²) in [7, 11) is 0. The van der Waals surface area contributed by atoms with Gasteiger partial charge in [0.15, 0.2) is 0 Å². The summed E-state index contributed by atoms with van der Waals surface area (Å²) in [5.74, 6) is -2.32. The van der Waals surface area contributed by atoms with Crippen LogP contribution >= 0.6 is 0 Å². The van der Waals surface area contributed by atoms with E-state index in [9.17, 15) is 14.4 Å². The third-order valence-electron chi connectivity index (χ3n) is 2.96. The van der Waals surface area contributed by atoms with Gasteiger partial charge in [-0.2, -0.15) is 0 Å². The molecular formula is C11H18O5. The fraction of sp³-hybridized carbons (Fsp3) is 0.727. The molecule has 0 aliphatic rings. The molecule has 0 aliphatic heterocycles. The summed E-state index contributed by atoms with van der Waals surface area (Å²) in [6, 6.07) is 0. The van der Waals surface area contributed by atoms with Crippen LogP contribution in [0.25, 0.3) is 0 Å². The summed E-state index contributed by atoms with van der Waals surface area (Å²) in [6.07, 6.45) is 0.338. The van der Waals surface area contributed by atoms with Crippen LogP contribution < -0.4 is 0 Å². The number of carbonyl (C=O) groups is 3. The molecule has 0 radical (unpaired) electrons. The van der Waals surface area contributed by atoms with Gasteiger partial charge in [0.2, 0.25) is 0 Å². The molecule has 0 aromatic carbocycles. The molecule has 5 nitrogen and oxygen atoms in total. The molecule has 0 saturated carbocycles. The van der Waals surface area contributed by atoms with Crippen molar-refractivity contribution in [3.8, 4) is 0 Å². The monoisotopic (exact) mass is 230 g/mol. The third kappa shape index (κ3) is 4.00. The zero-order chi connectivity index (χ0) is 12.8. The van der Waals surface area contributed by atoms with Crippen LogP contribution in [0.4, 0.5) is 0 Å². The first-order valence-corrected chi connectivity index (χ1v) is 5.35. The Morgan fingerprint density at radius 2 is 1.50 bits per heavy atom. The normalized spacial score (nSPS) is 11.1. The molecule has 0 spiro atoms. The second kappa shape index (κ2) is 6.25. The summed E-state index contributed by atoms with van der Waals surface area (Å²) in [4.78, 5) is 32.8. The second-order valence-electron chi connectivity index (χ2n) is 3.90. The van der Waals surface area contributed by atoms with E-state index < -0.39 is 17.4 Å². The summed E-state index contributed by atoms with van der Waals surface area (Å²) in [6.45, 7) is 3.45. The second-order valence-corrected chi connectivity index (χ2v) is 3.90. The van der Waals surface area contributed by atoms with Crippen molar-refractivity contribution in [2.45, 2.75) is 46.0 Å². The van der Waals surface area contributed by atoms with Crippen LogP contribution in [0.2, 0.25) is 0 Å². The van der Waals surface area contributed by atoms with Crippen LogP contribution in [0, 0.1) is 5.41 Å². The molecule has 2 N–H and O–H groups in total. The number of ketones is 1. The summed E-state index contributed by atoms with van der Waals surface area (Å²) in [5.41, 5.74) is -1.03. The molecule has 0 saturated heterocycles. The molecule has 0 rings (SSSR count). The maximum absolute atomic E-state index is 11.5. The number of carbonyl (C=O) groups excluding carboxylic acids is 1. The molecule has 0 aromatic heterocycles. The minimum absolute atomic E-state index is 0.0807. The zero-order valence-corrected chi connectivity index (χ0v) is 9.65. The number of carboxylic acids is 2. The molecule has 0 bridgehead atoms. The standard InChI is InChI=1S/C11H18O5/c1-3-11(4-2,10(15)16)7-8(12)5-6-9(13)14/h3-7H2,1-2H3,(H,13,14)(H,15,16). The molecule has 0 aromatic rings. The van der Waals surface area contributed by atoms with Gasteiger partial charge in [0.25, 0.3) is 0 Å². The number of hydrogen-bond acceptors (Lipinski definition) is 3. The van der Waals surface area contributed by atoms with Gasteiger partial charge in [-0.25, -0.2) is 0 Å². The average molecular weight is 230 g/mol. The number of carboxylic acid groups (broad SMARTS) is 2. The summed E-state index contributed by atoms with van der Waals surface area (Å²) >= 11 is 0. The maximum Gasteiger partial charge on any atom is 0.310 e. The molecule has 92 valence electrons. The Bertz CT molecular complexity index is 278. The predicted octanol–water partition coefficient (Wildman–Crippen LogP) is 1.70. The van der Waals surface area contributed by atoms with Gasteiger partial charge >= 0.3 is 11.9 Å². The van der Waals surface area contributed by atoms with Crippen LogP contribution in [-0.2, 0) is 14.4 Å². The van der Waals surface area contributed by atoms with Gasteiger partial charge in [0, 0.05) is 12.8 Å². The van der Waals surface area contributed by atoms with E-state index in [0.29, 0.717) is 12.8 Å². The smallest absolute Gasteiger partial charge is 0.310 e. The van der Waals surface area contributed by atoms with Gasteiger partial charge in [0.1, 0.15) is 5.78 Å². The lowest BCUT2D eigenvalue weighted by Gasteiger charge is -2.25. The first-order valence-electron chi connectivity index (χ1n) is 5.35. The lowest BCUT2D eigenvalue weighted by molar-refractivity contribution is -0.152. The van der Waals surface area contributed by atoms with Crippen molar-refractivity contribution in [1.82, 2.24) is 0 Å². The zero-order valence-electron chi connectivity index (χ0n) is 9.65. The number of aliphatic carboxylic acids is 2. The van der Waals surface area contributed by atoms with Gasteiger partial charge in [0.05, 0.1) is 11.8 Å². The minimum atomic E-state index is -1.04. The highest BCUT2D eigenvalue weighted by Crippen LogP contribution is 2.31. The maximum atomic E-state index is 11.5. The fourth-order valence-corrected chi connectivity index (χ4v) is 1.59. The lowest BCUT2D eigenvalue weighted by Crippen LogP contribution is -2.32. The Kier molecular flexibility index (Phi) is 5.71. The van der Waals surface area contributed by atoms with Crippen molar-refractivity contribution >= 4 is 17.7 Å².